The van der Waals surface area contributed by atoms with E-state index in [4.69, 9.17) is 0 Å². The summed E-state index contributed by atoms with van der Waals surface area (Å²) in [5, 5.41) is 3.27. The second kappa shape index (κ2) is 7.91. The van der Waals surface area contributed by atoms with Crippen LogP contribution in [0, 0.1) is 11.7 Å². The lowest BCUT2D eigenvalue weighted by Crippen LogP contribution is -2.26. The number of fused-ring (bicyclic) bond motifs is 1. The van der Waals surface area contributed by atoms with Gasteiger partial charge in [-0.1, -0.05) is 37.3 Å². The topological polar surface area (TPSA) is 74.8 Å². The van der Waals surface area contributed by atoms with Crippen molar-refractivity contribution in [1.82, 2.24) is 15.3 Å². The first-order valence-corrected chi connectivity index (χ1v) is 8.51. The van der Waals surface area contributed by atoms with Crippen molar-refractivity contribution in [1.29, 1.82) is 0 Å². The van der Waals surface area contributed by atoms with Crippen molar-refractivity contribution in [2.24, 2.45) is 5.92 Å². The molecule has 0 bridgehead atoms. The van der Waals surface area contributed by atoms with E-state index in [1.807, 2.05) is 13.0 Å². The molecule has 0 aliphatic rings. The largest absolute Gasteiger partial charge is 0.352 e. The number of benzene rings is 2. The quantitative estimate of drug-likeness (QED) is 0.715. The van der Waals surface area contributed by atoms with Crippen molar-refractivity contribution < 1.29 is 9.18 Å². The minimum absolute atomic E-state index is 0.0140. The fraction of sp³-hybridized carbons (Fsp3) is 0.250. The van der Waals surface area contributed by atoms with Crippen molar-refractivity contribution in [2.75, 3.05) is 0 Å². The molecule has 5 nitrogen and oxygen atoms in total. The summed E-state index contributed by atoms with van der Waals surface area (Å²) in [5.74, 6) is 0.0470. The molecule has 0 aliphatic heterocycles. The Morgan fingerprint density at radius 1 is 1.19 bits per heavy atom. The summed E-state index contributed by atoms with van der Waals surface area (Å²) >= 11 is 0. The van der Waals surface area contributed by atoms with Crippen molar-refractivity contribution in [3.05, 3.63) is 76.1 Å². The first-order valence-electron chi connectivity index (χ1n) is 8.51. The van der Waals surface area contributed by atoms with E-state index in [1.54, 1.807) is 36.4 Å². The number of nitrogens with zero attached hydrogens (tertiary/aromatic N) is 1. The maximum atomic E-state index is 13.6. The number of hydrogen-bond acceptors (Lipinski definition) is 3. The van der Waals surface area contributed by atoms with E-state index < -0.39 is 0 Å². The van der Waals surface area contributed by atoms with Crippen LogP contribution in [0.5, 0.6) is 0 Å². The number of aromatic amines is 1. The number of carbonyl (C=O) groups is 1. The van der Waals surface area contributed by atoms with Gasteiger partial charge >= 0.3 is 0 Å². The lowest BCUT2D eigenvalue weighted by Gasteiger charge is -2.12. The van der Waals surface area contributed by atoms with Gasteiger partial charge in [-0.05, 0) is 24.1 Å². The summed E-state index contributed by atoms with van der Waals surface area (Å²) < 4.78 is 13.6. The third-order valence-corrected chi connectivity index (χ3v) is 4.17. The standard InChI is InChI=1S/C20H20FN3O2/c1-13(11-19(25)22-12-14-6-2-4-8-16(14)21)10-18-23-17-9-5-3-7-15(17)20(26)24-18/h2-9,13H,10-12H2,1H3,(H,22,25)(H,23,24,26). The highest BCUT2D eigenvalue weighted by Crippen LogP contribution is 2.12. The van der Waals surface area contributed by atoms with Crippen molar-refractivity contribution in [3.8, 4) is 0 Å². The van der Waals surface area contributed by atoms with Gasteiger partial charge in [0.05, 0.1) is 10.9 Å². The van der Waals surface area contributed by atoms with E-state index in [1.165, 1.54) is 6.07 Å². The van der Waals surface area contributed by atoms with Gasteiger partial charge in [-0.2, -0.15) is 0 Å². The molecule has 1 amide bonds. The van der Waals surface area contributed by atoms with Gasteiger partial charge in [0.1, 0.15) is 11.6 Å². The van der Waals surface area contributed by atoms with Crippen LogP contribution < -0.4 is 10.9 Å². The lowest BCUT2D eigenvalue weighted by molar-refractivity contribution is -0.122. The third kappa shape index (κ3) is 4.33. The van der Waals surface area contributed by atoms with Crippen molar-refractivity contribution >= 4 is 16.8 Å². The second-order valence-electron chi connectivity index (χ2n) is 6.41. The molecule has 0 aliphatic carbocycles. The van der Waals surface area contributed by atoms with Gasteiger partial charge in [-0.25, -0.2) is 9.37 Å². The van der Waals surface area contributed by atoms with Crippen LogP contribution in [0.3, 0.4) is 0 Å². The number of amides is 1. The fourth-order valence-electron chi connectivity index (χ4n) is 2.86. The van der Waals surface area contributed by atoms with E-state index in [0.29, 0.717) is 28.7 Å². The zero-order chi connectivity index (χ0) is 18.5. The summed E-state index contributed by atoms with van der Waals surface area (Å²) in [6.07, 6.45) is 0.748. The van der Waals surface area contributed by atoms with Crippen molar-refractivity contribution in [3.63, 3.8) is 0 Å². The first-order chi connectivity index (χ1) is 12.5. The summed E-state index contributed by atoms with van der Waals surface area (Å²) in [5.41, 5.74) is 0.915. The van der Waals surface area contributed by atoms with Crippen LogP contribution in [-0.2, 0) is 17.8 Å². The number of para-hydroxylation sites is 1. The highest BCUT2D eigenvalue weighted by molar-refractivity contribution is 5.77. The molecule has 1 unspecified atom stereocenters. The average Bonchev–Trinajstić information content (AvgIpc) is 2.61. The number of hydrogen-bond donors (Lipinski definition) is 2. The molecule has 1 heterocycles. The van der Waals surface area contributed by atoms with E-state index >= 15 is 0 Å². The summed E-state index contributed by atoms with van der Waals surface area (Å²) in [6, 6.07) is 13.5. The van der Waals surface area contributed by atoms with Crippen LogP contribution in [0.1, 0.15) is 24.7 Å². The minimum Gasteiger partial charge on any atom is -0.352 e. The highest BCUT2D eigenvalue weighted by Gasteiger charge is 2.13. The molecule has 0 radical (unpaired) electrons. The van der Waals surface area contributed by atoms with Crippen LogP contribution in [0.4, 0.5) is 4.39 Å². The van der Waals surface area contributed by atoms with Gasteiger partial charge in [0.25, 0.3) is 5.56 Å². The first kappa shape index (κ1) is 17.8. The maximum Gasteiger partial charge on any atom is 0.258 e. The molecule has 3 rings (SSSR count). The Morgan fingerprint density at radius 3 is 2.73 bits per heavy atom. The Hall–Kier alpha value is -3.02. The van der Waals surface area contributed by atoms with Crippen molar-refractivity contribution in [2.45, 2.75) is 26.3 Å². The summed E-state index contributed by atoms with van der Waals surface area (Å²) in [6.45, 7) is 2.07. The zero-order valence-electron chi connectivity index (χ0n) is 14.5. The highest BCUT2D eigenvalue weighted by atomic mass is 19.1. The Morgan fingerprint density at radius 2 is 1.92 bits per heavy atom. The molecule has 2 N–H and O–H groups in total. The molecule has 3 aromatic rings. The molecule has 0 saturated heterocycles. The fourth-order valence-corrected chi connectivity index (χ4v) is 2.86. The van der Waals surface area contributed by atoms with Crippen LogP contribution >= 0.6 is 0 Å². The van der Waals surface area contributed by atoms with E-state index in [2.05, 4.69) is 15.3 Å². The molecular weight excluding hydrogens is 333 g/mol. The molecule has 1 aromatic heterocycles. The summed E-state index contributed by atoms with van der Waals surface area (Å²) in [4.78, 5) is 31.4. The average molecular weight is 353 g/mol. The van der Waals surface area contributed by atoms with E-state index in [-0.39, 0.29) is 36.2 Å². The van der Waals surface area contributed by atoms with Gasteiger partial charge < -0.3 is 10.3 Å². The number of nitrogens with one attached hydrogen (secondary N) is 2. The predicted molar refractivity (Wildman–Crippen MR) is 98.1 cm³/mol. The number of carbonyl (C=O) groups excluding carboxylic acids is 1. The Bertz CT molecular complexity index is 984. The molecule has 0 spiro atoms. The number of H-pyrrole nitrogens is 1. The number of aromatic nitrogens is 2. The molecule has 6 heteroatoms. The summed E-state index contributed by atoms with van der Waals surface area (Å²) in [7, 11) is 0. The number of rotatable bonds is 6. The molecule has 0 fully saturated rings. The second-order valence-corrected chi connectivity index (χ2v) is 6.41. The van der Waals surface area contributed by atoms with Crippen LogP contribution in [0.2, 0.25) is 0 Å². The zero-order valence-corrected chi connectivity index (χ0v) is 14.5. The van der Waals surface area contributed by atoms with Gasteiger partial charge in [-0.3, -0.25) is 9.59 Å². The van der Waals surface area contributed by atoms with Gasteiger partial charge in [0.2, 0.25) is 5.91 Å². The monoisotopic (exact) mass is 353 g/mol. The third-order valence-electron chi connectivity index (χ3n) is 4.17. The smallest absolute Gasteiger partial charge is 0.258 e. The van der Waals surface area contributed by atoms with E-state index in [0.717, 1.165) is 0 Å². The minimum atomic E-state index is -0.334. The molecule has 2 aromatic carbocycles. The molecule has 134 valence electrons. The predicted octanol–water partition coefficient (Wildman–Crippen LogP) is 2.95. The Balaban J connectivity index is 1.58. The van der Waals surface area contributed by atoms with Gasteiger partial charge in [0, 0.05) is 24.9 Å². The number of halogens is 1. The molecule has 1 atom stereocenters. The van der Waals surface area contributed by atoms with Crippen LogP contribution in [0.15, 0.2) is 53.3 Å². The normalized spacial score (nSPS) is 12.1. The molecular formula is C20H20FN3O2. The van der Waals surface area contributed by atoms with Gasteiger partial charge in [-0.15, -0.1) is 0 Å². The maximum absolute atomic E-state index is 13.6. The van der Waals surface area contributed by atoms with E-state index in [9.17, 15) is 14.0 Å². The molecule has 26 heavy (non-hydrogen) atoms. The van der Waals surface area contributed by atoms with Gasteiger partial charge in [0.15, 0.2) is 0 Å². The SMILES string of the molecule is CC(CC(=O)NCc1ccccc1F)Cc1nc2ccccc2c(=O)[nH]1. The Kier molecular flexibility index (Phi) is 5.41. The lowest BCUT2D eigenvalue weighted by atomic mass is 10.0. The Labute approximate surface area is 150 Å². The van der Waals surface area contributed by atoms with Crippen LogP contribution in [-0.4, -0.2) is 15.9 Å². The molecule has 0 saturated carbocycles. The van der Waals surface area contributed by atoms with Crippen LogP contribution in [0.25, 0.3) is 10.9 Å².